The Bertz CT molecular complexity index is 392. The Morgan fingerprint density at radius 1 is 1.32 bits per heavy atom. The molecule has 1 saturated carbocycles. The van der Waals surface area contributed by atoms with E-state index in [4.69, 9.17) is 4.74 Å². The zero-order valence-corrected chi connectivity index (χ0v) is 11.8. The molecule has 2 aliphatic rings. The van der Waals surface area contributed by atoms with Crippen molar-refractivity contribution in [1.29, 1.82) is 0 Å². The first-order chi connectivity index (χ1) is 9.34. The molecule has 0 amide bonds. The summed E-state index contributed by atoms with van der Waals surface area (Å²) in [6, 6.07) is 1.08. The van der Waals surface area contributed by atoms with E-state index in [-0.39, 0.29) is 0 Å². The van der Waals surface area contributed by atoms with E-state index in [0.717, 1.165) is 19.2 Å². The Balaban J connectivity index is 1.66. The second kappa shape index (κ2) is 5.95. The molecule has 0 spiro atoms. The van der Waals surface area contributed by atoms with Crippen molar-refractivity contribution in [1.82, 2.24) is 9.55 Å². The fourth-order valence-electron chi connectivity index (χ4n) is 3.34. The molecular formula is C15H25N3O. The molecule has 4 heteroatoms. The summed E-state index contributed by atoms with van der Waals surface area (Å²) in [5.41, 5.74) is 0. The Labute approximate surface area is 115 Å². The van der Waals surface area contributed by atoms with Crippen molar-refractivity contribution in [2.45, 2.75) is 57.5 Å². The highest BCUT2D eigenvalue weighted by molar-refractivity contribution is 5.28. The first-order valence-electron chi connectivity index (χ1n) is 7.71. The highest BCUT2D eigenvalue weighted by Crippen LogP contribution is 2.29. The molecule has 0 radical (unpaired) electrons. The van der Waals surface area contributed by atoms with Gasteiger partial charge in [0.1, 0.15) is 0 Å². The van der Waals surface area contributed by atoms with Gasteiger partial charge < -0.3 is 14.6 Å². The van der Waals surface area contributed by atoms with Crippen LogP contribution in [-0.4, -0.2) is 28.8 Å². The van der Waals surface area contributed by atoms with E-state index < -0.39 is 0 Å². The number of imidazole rings is 1. The lowest BCUT2D eigenvalue weighted by atomic mass is 9.96. The van der Waals surface area contributed by atoms with Crippen molar-refractivity contribution in [3.05, 3.63) is 12.4 Å². The SMILES string of the molecule is CC(C1CCOC1)n1ccnc1NC1CCCCC1. The molecule has 2 unspecified atom stereocenters. The highest BCUT2D eigenvalue weighted by atomic mass is 16.5. The predicted octanol–water partition coefficient (Wildman–Crippen LogP) is 3.23. The summed E-state index contributed by atoms with van der Waals surface area (Å²) in [5.74, 6) is 1.67. The summed E-state index contributed by atoms with van der Waals surface area (Å²) in [4.78, 5) is 4.51. The first-order valence-corrected chi connectivity index (χ1v) is 7.71. The molecule has 2 atom stereocenters. The maximum atomic E-state index is 5.51. The van der Waals surface area contributed by atoms with E-state index in [2.05, 4.69) is 28.0 Å². The normalized spacial score (nSPS) is 26.5. The van der Waals surface area contributed by atoms with Crippen LogP contribution >= 0.6 is 0 Å². The number of nitrogens with one attached hydrogen (secondary N) is 1. The monoisotopic (exact) mass is 263 g/mol. The minimum absolute atomic E-state index is 0.469. The summed E-state index contributed by atoms with van der Waals surface area (Å²) in [5, 5.41) is 3.64. The first kappa shape index (κ1) is 13.0. The van der Waals surface area contributed by atoms with Crippen LogP contribution < -0.4 is 5.32 Å². The predicted molar refractivity (Wildman–Crippen MR) is 76.4 cm³/mol. The van der Waals surface area contributed by atoms with Gasteiger partial charge in [0, 0.05) is 37.0 Å². The van der Waals surface area contributed by atoms with Crippen LogP contribution in [0.15, 0.2) is 12.4 Å². The lowest BCUT2D eigenvalue weighted by molar-refractivity contribution is 0.175. The largest absolute Gasteiger partial charge is 0.381 e. The maximum Gasteiger partial charge on any atom is 0.203 e. The van der Waals surface area contributed by atoms with Gasteiger partial charge in [-0.05, 0) is 26.2 Å². The molecule has 1 aliphatic heterocycles. The number of rotatable bonds is 4. The smallest absolute Gasteiger partial charge is 0.203 e. The molecule has 1 N–H and O–H groups in total. The summed E-state index contributed by atoms with van der Waals surface area (Å²) >= 11 is 0. The Morgan fingerprint density at radius 3 is 2.89 bits per heavy atom. The van der Waals surface area contributed by atoms with Crippen LogP contribution in [0.1, 0.15) is 51.5 Å². The third-order valence-corrected chi connectivity index (χ3v) is 4.69. The van der Waals surface area contributed by atoms with Crippen molar-refractivity contribution >= 4 is 5.95 Å². The molecule has 0 bridgehead atoms. The maximum absolute atomic E-state index is 5.51. The quantitative estimate of drug-likeness (QED) is 0.906. The third-order valence-electron chi connectivity index (χ3n) is 4.69. The molecule has 1 saturated heterocycles. The number of nitrogens with zero attached hydrogens (tertiary/aromatic N) is 2. The van der Waals surface area contributed by atoms with Gasteiger partial charge in [0.15, 0.2) is 0 Å². The second-order valence-electron chi connectivity index (χ2n) is 6.00. The van der Waals surface area contributed by atoms with Crippen molar-refractivity contribution in [3.8, 4) is 0 Å². The molecule has 1 aromatic rings. The lowest BCUT2D eigenvalue weighted by Crippen LogP contribution is -2.26. The molecule has 4 nitrogen and oxygen atoms in total. The molecule has 106 valence electrons. The molecule has 2 fully saturated rings. The van der Waals surface area contributed by atoms with Crippen LogP contribution in [-0.2, 0) is 4.74 Å². The Hall–Kier alpha value is -1.03. The Morgan fingerprint density at radius 2 is 2.16 bits per heavy atom. The van der Waals surface area contributed by atoms with Crippen LogP contribution in [0.5, 0.6) is 0 Å². The van der Waals surface area contributed by atoms with E-state index in [0.29, 0.717) is 18.0 Å². The summed E-state index contributed by atoms with van der Waals surface area (Å²) < 4.78 is 7.81. The van der Waals surface area contributed by atoms with E-state index in [1.54, 1.807) is 0 Å². The molecule has 3 rings (SSSR count). The van der Waals surface area contributed by atoms with Crippen LogP contribution in [0, 0.1) is 5.92 Å². The molecule has 1 aliphatic carbocycles. The number of anilines is 1. The van der Waals surface area contributed by atoms with Crippen molar-refractivity contribution in [2.24, 2.45) is 5.92 Å². The zero-order chi connectivity index (χ0) is 13.1. The number of hydrogen-bond donors (Lipinski definition) is 1. The van der Waals surface area contributed by atoms with E-state index >= 15 is 0 Å². The molecule has 19 heavy (non-hydrogen) atoms. The molecular weight excluding hydrogens is 238 g/mol. The van der Waals surface area contributed by atoms with Gasteiger partial charge in [-0.1, -0.05) is 19.3 Å². The van der Waals surface area contributed by atoms with E-state index in [1.807, 2.05) is 6.20 Å². The van der Waals surface area contributed by atoms with Gasteiger partial charge >= 0.3 is 0 Å². The van der Waals surface area contributed by atoms with Crippen molar-refractivity contribution < 1.29 is 4.74 Å². The summed E-state index contributed by atoms with van der Waals surface area (Å²) in [6.45, 7) is 4.09. The summed E-state index contributed by atoms with van der Waals surface area (Å²) in [6.07, 6.45) is 11.9. The fourth-order valence-corrected chi connectivity index (χ4v) is 3.34. The van der Waals surface area contributed by atoms with Crippen LogP contribution in [0.25, 0.3) is 0 Å². The molecule has 0 aromatic carbocycles. The minimum atomic E-state index is 0.469. The average molecular weight is 263 g/mol. The van der Waals surface area contributed by atoms with Crippen molar-refractivity contribution in [3.63, 3.8) is 0 Å². The molecule has 2 heterocycles. The fraction of sp³-hybridized carbons (Fsp3) is 0.800. The van der Waals surface area contributed by atoms with Crippen molar-refractivity contribution in [2.75, 3.05) is 18.5 Å². The van der Waals surface area contributed by atoms with E-state index in [9.17, 15) is 0 Å². The third kappa shape index (κ3) is 2.94. The minimum Gasteiger partial charge on any atom is -0.381 e. The Kier molecular flexibility index (Phi) is 4.06. The number of aromatic nitrogens is 2. The zero-order valence-electron chi connectivity index (χ0n) is 11.8. The highest BCUT2D eigenvalue weighted by Gasteiger charge is 2.25. The van der Waals surface area contributed by atoms with Gasteiger partial charge in [-0.15, -0.1) is 0 Å². The van der Waals surface area contributed by atoms with Gasteiger partial charge in [-0.2, -0.15) is 0 Å². The van der Waals surface area contributed by atoms with Gasteiger partial charge in [0.2, 0.25) is 5.95 Å². The van der Waals surface area contributed by atoms with Gasteiger partial charge in [0.05, 0.1) is 6.61 Å². The molecule has 1 aromatic heterocycles. The topological polar surface area (TPSA) is 39.1 Å². The van der Waals surface area contributed by atoms with Crippen LogP contribution in [0.4, 0.5) is 5.95 Å². The van der Waals surface area contributed by atoms with Crippen LogP contribution in [0.2, 0.25) is 0 Å². The average Bonchev–Trinajstić information content (AvgIpc) is 3.10. The van der Waals surface area contributed by atoms with E-state index in [1.165, 1.54) is 38.5 Å². The number of hydrogen-bond acceptors (Lipinski definition) is 3. The summed E-state index contributed by atoms with van der Waals surface area (Å²) in [7, 11) is 0. The second-order valence-corrected chi connectivity index (χ2v) is 6.00. The van der Waals surface area contributed by atoms with Crippen LogP contribution in [0.3, 0.4) is 0 Å². The standard InChI is InChI=1S/C15H25N3O/c1-12(13-7-10-19-11-13)18-9-8-16-15(18)17-14-5-3-2-4-6-14/h8-9,12-14H,2-7,10-11H2,1H3,(H,16,17). The van der Waals surface area contributed by atoms with Gasteiger partial charge in [0.25, 0.3) is 0 Å². The van der Waals surface area contributed by atoms with Gasteiger partial charge in [-0.3, -0.25) is 0 Å². The van der Waals surface area contributed by atoms with Gasteiger partial charge in [-0.25, -0.2) is 4.98 Å². The number of ether oxygens (including phenoxy) is 1. The lowest BCUT2D eigenvalue weighted by Gasteiger charge is -2.26.